The molecule has 0 unspecified atom stereocenters. The van der Waals surface area contributed by atoms with Crippen LogP contribution >= 0.6 is 0 Å². The van der Waals surface area contributed by atoms with Gasteiger partial charge in [-0.2, -0.15) is 0 Å². The van der Waals surface area contributed by atoms with E-state index in [2.05, 4.69) is 6.92 Å². The largest absolute Gasteiger partial charge is 0.493 e. The summed E-state index contributed by atoms with van der Waals surface area (Å²) < 4.78 is 37.4. The fourth-order valence-electron chi connectivity index (χ4n) is 5.47. The molecule has 0 aromatic heterocycles. The van der Waals surface area contributed by atoms with E-state index in [0.717, 1.165) is 28.7 Å². The first-order valence-corrected chi connectivity index (χ1v) is 16.3. The number of hydrogen-bond acceptors (Lipinski definition) is 6. The van der Waals surface area contributed by atoms with Crippen molar-refractivity contribution in [2.75, 3.05) is 20.3 Å². The molecular formula is C42H39FO6. The highest BCUT2D eigenvalue weighted by atomic mass is 19.1. The molecule has 5 aromatic rings. The van der Waals surface area contributed by atoms with Crippen LogP contribution in [0, 0.1) is 5.82 Å². The van der Waals surface area contributed by atoms with E-state index in [1.807, 2.05) is 67.6 Å². The number of aryl methyl sites for hydroxylation is 1. The average Bonchev–Trinajstić information content (AvgIpc) is 3.14. The van der Waals surface area contributed by atoms with Crippen molar-refractivity contribution in [2.24, 2.45) is 0 Å². The van der Waals surface area contributed by atoms with Crippen LogP contribution in [0.4, 0.5) is 4.39 Å². The molecular weight excluding hydrogens is 619 g/mol. The number of ether oxygens (including phenoxy) is 4. The first-order valence-electron chi connectivity index (χ1n) is 16.3. The number of methoxy groups -OCH3 is 1. The van der Waals surface area contributed by atoms with Gasteiger partial charge in [-0.3, -0.25) is 4.79 Å². The number of carbonyl (C=O) groups is 2. The Morgan fingerprint density at radius 3 is 2.08 bits per heavy atom. The minimum Gasteiger partial charge on any atom is -0.493 e. The maximum atomic E-state index is 13.7. The third kappa shape index (κ3) is 8.62. The number of rotatable bonds is 15. The summed E-state index contributed by atoms with van der Waals surface area (Å²) in [6.45, 7) is 5.02. The van der Waals surface area contributed by atoms with Crippen molar-refractivity contribution >= 4 is 17.8 Å². The SMILES string of the molecule is C/C=C/c1c(OCCCOc2cc(OCc3ccccc3)c(-c3ccc(F)cc3)cc2CC)cccc1C(=O)c1ccccc1C(=O)OC. The van der Waals surface area contributed by atoms with Gasteiger partial charge in [-0.15, -0.1) is 0 Å². The molecule has 0 amide bonds. The van der Waals surface area contributed by atoms with E-state index >= 15 is 0 Å². The van der Waals surface area contributed by atoms with E-state index in [1.165, 1.54) is 19.2 Å². The molecule has 49 heavy (non-hydrogen) atoms. The van der Waals surface area contributed by atoms with Gasteiger partial charge >= 0.3 is 5.97 Å². The minimum absolute atomic E-state index is 0.204. The smallest absolute Gasteiger partial charge is 0.338 e. The van der Waals surface area contributed by atoms with E-state index in [1.54, 1.807) is 48.5 Å². The monoisotopic (exact) mass is 658 g/mol. The van der Waals surface area contributed by atoms with E-state index in [4.69, 9.17) is 18.9 Å². The molecule has 6 nitrogen and oxygen atoms in total. The van der Waals surface area contributed by atoms with Crippen molar-refractivity contribution in [3.63, 3.8) is 0 Å². The molecule has 0 saturated heterocycles. The van der Waals surface area contributed by atoms with Crippen LogP contribution in [0.5, 0.6) is 17.2 Å². The van der Waals surface area contributed by atoms with Crippen molar-refractivity contribution in [1.82, 2.24) is 0 Å². The number of carbonyl (C=O) groups excluding carboxylic acids is 2. The summed E-state index contributed by atoms with van der Waals surface area (Å²) in [6.07, 6.45) is 4.97. The first-order chi connectivity index (χ1) is 23.9. The third-order valence-electron chi connectivity index (χ3n) is 7.96. The molecule has 0 spiro atoms. The van der Waals surface area contributed by atoms with Crippen LogP contribution in [-0.4, -0.2) is 32.1 Å². The summed E-state index contributed by atoms with van der Waals surface area (Å²) >= 11 is 0. The Kier molecular flexibility index (Phi) is 12.0. The lowest BCUT2D eigenvalue weighted by Crippen LogP contribution is -2.13. The van der Waals surface area contributed by atoms with Crippen molar-refractivity contribution in [3.8, 4) is 28.4 Å². The van der Waals surface area contributed by atoms with Crippen molar-refractivity contribution in [2.45, 2.75) is 33.3 Å². The predicted octanol–water partition coefficient (Wildman–Crippen LogP) is 9.53. The Balaban J connectivity index is 1.30. The lowest BCUT2D eigenvalue weighted by atomic mass is 9.94. The molecule has 0 bridgehead atoms. The summed E-state index contributed by atoms with van der Waals surface area (Å²) in [5.74, 6) is 0.731. The standard InChI is InChI=1S/C42H39FO6/c1-4-13-33-34(41(44)35-16-9-10-17-36(35)42(45)46-3)18-11-19-38(33)47-24-12-25-48-39-27-40(49-28-29-14-7-6-8-15-29)37(26-30(39)5-2)31-20-22-32(43)23-21-31/h4,6-11,13-23,26-27H,5,12,24-25,28H2,1-3H3/b13-4+. The average molecular weight is 659 g/mol. The number of ketones is 1. The number of halogens is 1. The van der Waals surface area contributed by atoms with Gasteiger partial charge in [0.15, 0.2) is 5.78 Å². The Morgan fingerprint density at radius 1 is 0.714 bits per heavy atom. The van der Waals surface area contributed by atoms with E-state index < -0.39 is 5.97 Å². The van der Waals surface area contributed by atoms with Gasteiger partial charge in [-0.05, 0) is 60.4 Å². The molecule has 250 valence electrons. The maximum Gasteiger partial charge on any atom is 0.338 e. The number of hydrogen-bond donors (Lipinski definition) is 0. The van der Waals surface area contributed by atoms with Gasteiger partial charge in [0.2, 0.25) is 0 Å². The van der Waals surface area contributed by atoms with Crippen LogP contribution in [0.25, 0.3) is 17.2 Å². The summed E-state index contributed by atoms with van der Waals surface area (Å²) in [4.78, 5) is 26.0. The Hall–Kier alpha value is -5.69. The van der Waals surface area contributed by atoms with Crippen LogP contribution in [0.3, 0.4) is 0 Å². The summed E-state index contributed by atoms with van der Waals surface area (Å²) in [6, 6.07) is 32.2. The van der Waals surface area contributed by atoms with E-state index in [9.17, 15) is 14.0 Å². The second-order valence-corrected chi connectivity index (χ2v) is 11.2. The molecule has 0 radical (unpaired) electrons. The maximum absolute atomic E-state index is 13.7. The molecule has 0 aliphatic carbocycles. The molecule has 5 rings (SSSR count). The molecule has 0 atom stereocenters. The van der Waals surface area contributed by atoms with E-state index in [-0.39, 0.29) is 22.7 Å². The van der Waals surface area contributed by atoms with Crippen molar-refractivity contribution in [3.05, 3.63) is 154 Å². The highest BCUT2D eigenvalue weighted by molar-refractivity contribution is 6.16. The van der Waals surface area contributed by atoms with Gasteiger partial charge in [0, 0.05) is 34.7 Å². The van der Waals surface area contributed by atoms with Crippen LogP contribution in [0.15, 0.2) is 115 Å². The lowest BCUT2D eigenvalue weighted by molar-refractivity contribution is 0.0597. The van der Waals surface area contributed by atoms with Gasteiger partial charge in [-0.25, -0.2) is 9.18 Å². The van der Waals surface area contributed by atoms with Crippen LogP contribution in [0.2, 0.25) is 0 Å². The van der Waals surface area contributed by atoms with Crippen LogP contribution in [-0.2, 0) is 17.8 Å². The third-order valence-corrected chi connectivity index (χ3v) is 7.96. The van der Waals surface area contributed by atoms with Gasteiger partial charge in [0.1, 0.15) is 29.7 Å². The zero-order valence-corrected chi connectivity index (χ0v) is 27.9. The fourth-order valence-corrected chi connectivity index (χ4v) is 5.47. The van der Waals surface area contributed by atoms with Gasteiger partial charge in [0.05, 0.1) is 25.9 Å². The first kappa shape index (κ1) is 34.6. The Bertz CT molecular complexity index is 1910. The molecule has 0 heterocycles. The summed E-state index contributed by atoms with van der Waals surface area (Å²) in [5, 5.41) is 0. The second-order valence-electron chi connectivity index (χ2n) is 11.2. The van der Waals surface area contributed by atoms with Gasteiger partial charge in [-0.1, -0.05) is 91.9 Å². The lowest BCUT2D eigenvalue weighted by Gasteiger charge is -2.18. The second kappa shape index (κ2) is 16.9. The van der Waals surface area contributed by atoms with Crippen molar-refractivity contribution in [1.29, 1.82) is 0 Å². The van der Waals surface area contributed by atoms with Crippen LogP contribution in [0.1, 0.15) is 63.2 Å². The van der Waals surface area contributed by atoms with Crippen molar-refractivity contribution < 1.29 is 32.9 Å². The van der Waals surface area contributed by atoms with E-state index in [0.29, 0.717) is 54.6 Å². The summed E-state index contributed by atoms with van der Waals surface area (Å²) in [5.41, 5.74) is 5.25. The Labute approximate surface area is 286 Å². The molecule has 0 aliphatic heterocycles. The zero-order valence-electron chi connectivity index (χ0n) is 27.9. The normalized spacial score (nSPS) is 10.9. The molecule has 0 aliphatic rings. The predicted molar refractivity (Wildman–Crippen MR) is 190 cm³/mol. The number of allylic oxidation sites excluding steroid dienone is 1. The van der Waals surface area contributed by atoms with Crippen LogP contribution < -0.4 is 14.2 Å². The highest BCUT2D eigenvalue weighted by Gasteiger charge is 2.22. The van der Waals surface area contributed by atoms with Gasteiger partial charge < -0.3 is 18.9 Å². The Morgan fingerprint density at radius 2 is 1.39 bits per heavy atom. The zero-order chi connectivity index (χ0) is 34.6. The fraction of sp³-hybridized carbons (Fsp3) is 0.190. The molecule has 0 saturated carbocycles. The highest BCUT2D eigenvalue weighted by Crippen LogP contribution is 2.37. The van der Waals surface area contributed by atoms with Gasteiger partial charge in [0.25, 0.3) is 0 Å². The topological polar surface area (TPSA) is 71.1 Å². The molecule has 7 heteroatoms. The molecule has 0 fully saturated rings. The summed E-state index contributed by atoms with van der Waals surface area (Å²) in [7, 11) is 1.29. The molecule has 5 aromatic carbocycles. The number of esters is 1. The number of benzene rings is 5. The molecule has 0 N–H and O–H groups in total. The quantitative estimate of drug-likeness (QED) is 0.0634. The minimum atomic E-state index is -0.574.